The summed E-state index contributed by atoms with van der Waals surface area (Å²) in [5, 5.41) is 0. The van der Waals surface area contributed by atoms with Gasteiger partial charge in [-0.25, -0.2) is 0 Å². The van der Waals surface area contributed by atoms with Crippen molar-refractivity contribution in [1.29, 1.82) is 0 Å². The number of unbranched alkanes of at least 4 members (excludes halogenated alkanes) is 6. The molecule has 0 unspecified atom stereocenters. The third-order valence-corrected chi connectivity index (χ3v) is 3.49. The molecule has 0 saturated carbocycles. The standard InChI is InChI=1S/C12H27O4P.K/c1-3-5-7-9-11-15-17(13,14)16-12-10-8-6-4-2;/h3-12H2,1-2H3,(H,13,14);/q;+1/p-1. The zero-order valence-corrected chi connectivity index (χ0v) is 16.2. The smallest absolute Gasteiger partial charge is 0.756 e. The summed E-state index contributed by atoms with van der Waals surface area (Å²) < 4.78 is 20.8. The minimum Gasteiger partial charge on any atom is -0.756 e. The van der Waals surface area contributed by atoms with Crippen LogP contribution in [0.5, 0.6) is 0 Å². The maximum absolute atomic E-state index is 11.3. The van der Waals surface area contributed by atoms with Crippen LogP contribution in [0.1, 0.15) is 65.2 Å². The molecule has 0 aromatic carbocycles. The van der Waals surface area contributed by atoms with Crippen molar-refractivity contribution in [1.82, 2.24) is 0 Å². The van der Waals surface area contributed by atoms with E-state index >= 15 is 0 Å². The maximum Gasteiger partial charge on any atom is 1.00 e. The first-order chi connectivity index (χ1) is 8.12. The van der Waals surface area contributed by atoms with Crippen LogP contribution in [0.4, 0.5) is 0 Å². The minimum absolute atomic E-state index is 0. The molecule has 0 aliphatic heterocycles. The van der Waals surface area contributed by atoms with Gasteiger partial charge in [-0.2, -0.15) is 0 Å². The van der Waals surface area contributed by atoms with Gasteiger partial charge in [-0.1, -0.05) is 52.4 Å². The van der Waals surface area contributed by atoms with Gasteiger partial charge in [0.2, 0.25) is 0 Å². The fourth-order valence-corrected chi connectivity index (χ4v) is 2.23. The van der Waals surface area contributed by atoms with Crippen LogP contribution in [0.25, 0.3) is 0 Å². The molecule has 4 nitrogen and oxygen atoms in total. The van der Waals surface area contributed by atoms with Crippen LogP contribution in [0, 0.1) is 0 Å². The van der Waals surface area contributed by atoms with Gasteiger partial charge >= 0.3 is 51.4 Å². The molecule has 0 spiro atoms. The first kappa shape index (κ1) is 22.0. The first-order valence-corrected chi connectivity index (χ1v) is 8.18. The largest absolute Gasteiger partial charge is 1.00 e. The summed E-state index contributed by atoms with van der Waals surface area (Å²) >= 11 is 0. The van der Waals surface area contributed by atoms with Gasteiger partial charge in [0.1, 0.15) is 0 Å². The molecule has 0 aromatic rings. The van der Waals surface area contributed by atoms with Crippen LogP contribution in [0.15, 0.2) is 0 Å². The van der Waals surface area contributed by atoms with E-state index in [-0.39, 0.29) is 64.6 Å². The van der Waals surface area contributed by atoms with Crippen LogP contribution >= 0.6 is 7.82 Å². The molecule has 6 heteroatoms. The second-order valence-corrected chi connectivity index (χ2v) is 5.65. The minimum atomic E-state index is -4.04. The number of rotatable bonds is 12. The molecule has 0 aromatic heterocycles. The van der Waals surface area contributed by atoms with Gasteiger partial charge in [0.15, 0.2) is 0 Å². The Hall–Kier alpha value is 1.75. The predicted molar refractivity (Wildman–Crippen MR) is 67.8 cm³/mol. The zero-order valence-electron chi connectivity index (χ0n) is 12.2. The average molecular weight is 304 g/mol. The van der Waals surface area contributed by atoms with Crippen molar-refractivity contribution in [3.05, 3.63) is 0 Å². The van der Waals surface area contributed by atoms with Crippen molar-refractivity contribution in [3.8, 4) is 0 Å². The van der Waals surface area contributed by atoms with Gasteiger partial charge in [-0.15, -0.1) is 0 Å². The normalized spacial score (nSPS) is 11.3. The van der Waals surface area contributed by atoms with Gasteiger partial charge in [0.25, 0.3) is 7.82 Å². The Morgan fingerprint density at radius 3 is 1.56 bits per heavy atom. The molecule has 0 aliphatic rings. The Labute approximate surface area is 154 Å². The second kappa shape index (κ2) is 15.1. The van der Waals surface area contributed by atoms with Crippen LogP contribution < -0.4 is 56.3 Å². The number of hydrogen-bond acceptors (Lipinski definition) is 4. The second-order valence-electron chi connectivity index (χ2n) is 4.23. The molecule has 18 heavy (non-hydrogen) atoms. The van der Waals surface area contributed by atoms with Crippen LogP contribution in [0.3, 0.4) is 0 Å². The molecule has 0 fully saturated rings. The van der Waals surface area contributed by atoms with E-state index < -0.39 is 7.82 Å². The van der Waals surface area contributed by atoms with E-state index in [0.717, 1.165) is 51.4 Å². The zero-order chi connectivity index (χ0) is 13.0. The topological polar surface area (TPSA) is 58.6 Å². The predicted octanol–water partition coefficient (Wildman–Crippen LogP) is 0.653. The van der Waals surface area contributed by atoms with E-state index in [1.807, 2.05) is 0 Å². The summed E-state index contributed by atoms with van der Waals surface area (Å²) in [4.78, 5) is 11.3. The van der Waals surface area contributed by atoms with E-state index in [4.69, 9.17) is 9.05 Å². The Morgan fingerprint density at radius 1 is 0.833 bits per heavy atom. The Bertz CT molecular complexity index is 196. The third kappa shape index (κ3) is 15.8. The fraction of sp³-hybridized carbons (Fsp3) is 1.00. The van der Waals surface area contributed by atoms with Crippen molar-refractivity contribution in [2.45, 2.75) is 65.2 Å². The monoisotopic (exact) mass is 304 g/mol. The van der Waals surface area contributed by atoms with Gasteiger partial charge in [-0.05, 0) is 12.8 Å². The van der Waals surface area contributed by atoms with E-state index in [1.54, 1.807) is 0 Å². The number of phosphoric ester groups is 1. The first-order valence-electron chi connectivity index (χ1n) is 6.72. The SMILES string of the molecule is CCCCCCOP(=O)([O-])OCCCCCC.[K+]. The van der Waals surface area contributed by atoms with E-state index in [9.17, 15) is 9.46 Å². The Balaban J connectivity index is 0. The Morgan fingerprint density at radius 2 is 1.22 bits per heavy atom. The van der Waals surface area contributed by atoms with Crippen LogP contribution in [-0.4, -0.2) is 13.2 Å². The molecule has 0 radical (unpaired) electrons. The summed E-state index contributed by atoms with van der Waals surface area (Å²) in [6, 6.07) is 0. The average Bonchev–Trinajstić information content (AvgIpc) is 2.28. The molecular weight excluding hydrogens is 278 g/mol. The molecule has 104 valence electrons. The Kier molecular flexibility index (Phi) is 18.5. The molecular formula is C12H26KO4P. The molecule has 0 heterocycles. The number of hydrogen-bond donors (Lipinski definition) is 0. The van der Waals surface area contributed by atoms with Gasteiger partial charge < -0.3 is 13.9 Å². The van der Waals surface area contributed by atoms with Crippen molar-refractivity contribution in [2.75, 3.05) is 13.2 Å². The summed E-state index contributed by atoms with van der Waals surface area (Å²) in [5.41, 5.74) is 0. The molecule has 0 saturated heterocycles. The number of phosphoric acid groups is 1. The molecule has 0 bridgehead atoms. The molecule has 0 aliphatic carbocycles. The summed E-state index contributed by atoms with van der Waals surface area (Å²) in [6.07, 6.45) is 8.05. The molecule has 0 atom stereocenters. The van der Waals surface area contributed by atoms with Crippen molar-refractivity contribution >= 4 is 7.82 Å². The van der Waals surface area contributed by atoms with Crippen LogP contribution in [0.2, 0.25) is 0 Å². The van der Waals surface area contributed by atoms with Gasteiger partial charge in [0, 0.05) is 0 Å². The van der Waals surface area contributed by atoms with Crippen molar-refractivity contribution in [3.63, 3.8) is 0 Å². The summed E-state index contributed by atoms with van der Waals surface area (Å²) in [5.74, 6) is 0. The quantitative estimate of drug-likeness (QED) is 0.302. The molecule has 0 N–H and O–H groups in total. The maximum atomic E-state index is 11.3. The van der Waals surface area contributed by atoms with Crippen molar-refractivity contribution in [2.24, 2.45) is 0 Å². The van der Waals surface area contributed by atoms with Gasteiger partial charge in [-0.3, -0.25) is 4.57 Å². The van der Waals surface area contributed by atoms with Crippen LogP contribution in [-0.2, 0) is 13.6 Å². The van der Waals surface area contributed by atoms with E-state index in [0.29, 0.717) is 0 Å². The van der Waals surface area contributed by atoms with Gasteiger partial charge in [0.05, 0.1) is 13.2 Å². The van der Waals surface area contributed by atoms with E-state index in [1.165, 1.54) is 0 Å². The fourth-order valence-electron chi connectivity index (χ4n) is 1.45. The third-order valence-electron chi connectivity index (χ3n) is 2.49. The van der Waals surface area contributed by atoms with Crippen molar-refractivity contribution < 1.29 is 69.9 Å². The summed E-state index contributed by atoms with van der Waals surface area (Å²) in [6.45, 7) is 4.71. The summed E-state index contributed by atoms with van der Waals surface area (Å²) in [7, 11) is -4.04. The molecule has 0 rings (SSSR count). The molecule has 0 amide bonds. The van der Waals surface area contributed by atoms with E-state index in [2.05, 4.69) is 13.8 Å².